The number of aromatic nitrogens is 1. The molecule has 0 unspecified atom stereocenters. The summed E-state index contributed by atoms with van der Waals surface area (Å²) >= 11 is 0. The van der Waals surface area contributed by atoms with Crippen LogP contribution >= 0.6 is 0 Å². The molecule has 1 aliphatic rings. The average molecular weight is 414 g/mol. The summed E-state index contributed by atoms with van der Waals surface area (Å²) in [7, 11) is 0. The summed E-state index contributed by atoms with van der Waals surface area (Å²) in [6, 6.07) is 22.0. The molecule has 31 heavy (non-hydrogen) atoms. The molecule has 0 bridgehead atoms. The number of amides is 2. The van der Waals surface area contributed by atoms with Crippen molar-refractivity contribution in [3.8, 4) is 11.1 Å². The predicted molar refractivity (Wildman–Crippen MR) is 121 cm³/mol. The van der Waals surface area contributed by atoms with Crippen molar-refractivity contribution in [2.45, 2.75) is 26.2 Å². The third kappa shape index (κ3) is 4.50. The van der Waals surface area contributed by atoms with Gasteiger partial charge in [-0.1, -0.05) is 60.2 Å². The monoisotopic (exact) mass is 413 g/mol. The van der Waals surface area contributed by atoms with Crippen molar-refractivity contribution in [3.05, 3.63) is 89.7 Å². The fourth-order valence-corrected chi connectivity index (χ4v) is 4.34. The van der Waals surface area contributed by atoms with Gasteiger partial charge in [-0.3, -0.25) is 14.6 Å². The second-order valence-electron chi connectivity index (χ2n) is 8.43. The summed E-state index contributed by atoms with van der Waals surface area (Å²) in [6.45, 7) is 3.00. The first kappa shape index (κ1) is 20.8. The maximum atomic E-state index is 12.9. The number of likely N-dealkylation sites (tertiary alicyclic amines) is 1. The number of pyridine rings is 1. The van der Waals surface area contributed by atoms with Crippen LogP contribution in [0.15, 0.2) is 72.9 Å². The zero-order valence-corrected chi connectivity index (χ0v) is 17.8. The molecule has 2 aromatic carbocycles. The minimum absolute atomic E-state index is 0.152. The number of aryl methyl sites for hydroxylation is 1. The third-order valence-electron chi connectivity index (χ3n) is 6.15. The van der Waals surface area contributed by atoms with Gasteiger partial charge in [0.1, 0.15) is 5.69 Å². The van der Waals surface area contributed by atoms with Crippen LogP contribution in [0.4, 0.5) is 0 Å². The largest absolute Gasteiger partial charge is 0.369 e. The molecule has 1 atom stereocenters. The van der Waals surface area contributed by atoms with E-state index in [2.05, 4.69) is 60.4 Å². The highest BCUT2D eigenvalue weighted by Gasteiger charge is 2.42. The van der Waals surface area contributed by atoms with Crippen LogP contribution < -0.4 is 5.73 Å². The number of hydrogen-bond acceptors (Lipinski definition) is 3. The first-order valence-electron chi connectivity index (χ1n) is 10.6. The molecule has 5 heteroatoms. The smallest absolute Gasteiger partial charge is 0.272 e. The SMILES string of the molecule is Cc1ccc(-c2ccc(C[C@@]3(C(N)=O)CCCN(C(=O)c4ccccn4)C3)cc2)cc1. The number of carbonyl (C=O) groups is 2. The van der Waals surface area contributed by atoms with Crippen molar-refractivity contribution in [1.29, 1.82) is 0 Å². The molecule has 158 valence electrons. The topological polar surface area (TPSA) is 76.3 Å². The maximum Gasteiger partial charge on any atom is 0.272 e. The number of primary amides is 1. The van der Waals surface area contributed by atoms with Crippen molar-refractivity contribution in [3.63, 3.8) is 0 Å². The highest BCUT2D eigenvalue weighted by molar-refractivity contribution is 5.93. The van der Waals surface area contributed by atoms with Gasteiger partial charge in [-0.05, 0) is 55.0 Å². The van der Waals surface area contributed by atoms with Gasteiger partial charge in [-0.25, -0.2) is 0 Å². The normalized spacial score (nSPS) is 18.5. The van der Waals surface area contributed by atoms with Crippen molar-refractivity contribution >= 4 is 11.8 Å². The standard InChI is InChI=1S/C26H27N3O2/c1-19-6-10-21(11-7-19)22-12-8-20(9-13-22)17-26(25(27)31)14-4-16-29(18-26)24(30)23-5-2-3-15-28-23/h2-3,5-13,15H,4,14,16-18H2,1H3,(H2,27,31)/t26-/m0/s1. The van der Waals surface area contributed by atoms with E-state index in [0.29, 0.717) is 31.6 Å². The van der Waals surface area contributed by atoms with E-state index in [1.807, 2.05) is 0 Å². The Bertz CT molecular complexity index is 1060. The van der Waals surface area contributed by atoms with Crippen molar-refractivity contribution in [2.24, 2.45) is 11.1 Å². The van der Waals surface area contributed by atoms with Gasteiger partial charge in [0, 0.05) is 19.3 Å². The molecule has 0 aliphatic carbocycles. The van der Waals surface area contributed by atoms with Crippen LogP contribution in [-0.4, -0.2) is 34.8 Å². The Hall–Kier alpha value is -3.47. The number of nitrogens with two attached hydrogens (primary N) is 1. The molecule has 1 aromatic heterocycles. The Balaban J connectivity index is 1.53. The second-order valence-corrected chi connectivity index (χ2v) is 8.43. The predicted octanol–water partition coefficient (Wildman–Crippen LogP) is 4.01. The molecular weight excluding hydrogens is 386 g/mol. The summed E-state index contributed by atoms with van der Waals surface area (Å²) in [4.78, 5) is 31.4. The third-order valence-corrected chi connectivity index (χ3v) is 6.15. The summed E-state index contributed by atoms with van der Waals surface area (Å²) < 4.78 is 0. The van der Waals surface area contributed by atoms with Gasteiger partial charge in [0.2, 0.25) is 5.91 Å². The molecule has 0 saturated carbocycles. The molecule has 1 saturated heterocycles. The van der Waals surface area contributed by atoms with Gasteiger partial charge in [-0.2, -0.15) is 0 Å². The lowest BCUT2D eigenvalue weighted by molar-refractivity contribution is -0.130. The van der Waals surface area contributed by atoms with Crippen LogP contribution in [0.1, 0.15) is 34.5 Å². The van der Waals surface area contributed by atoms with Crippen molar-refractivity contribution in [1.82, 2.24) is 9.88 Å². The Morgan fingerprint density at radius 2 is 1.68 bits per heavy atom. The summed E-state index contributed by atoms with van der Waals surface area (Å²) in [6.07, 6.45) is 3.54. The van der Waals surface area contributed by atoms with E-state index >= 15 is 0 Å². The van der Waals surface area contributed by atoms with Crippen LogP contribution in [0, 0.1) is 12.3 Å². The average Bonchev–Trinajstić information content (AvgIpc) is 2.80. The molecule has 3 aromatic rings. The van der Waals surface area contributed by atoms with E-state index < -0.39 is 5.41 Å². The van der Waals surface area contributed by atoms with Gasteiger partial charge in [-0.15, -0.1) is 0 Å². The summed E-state index contributed by atoms with van der Waals surface area (Å²) in [5.41, 5.74) is 10.1. The number of hydrogen-bond donors (Lipinski definition) is 1. The lowest BCUT2D eigenvalue weighted by Crippen LogP contribution is -2.53. The zero-order chi connectivity index (χ0) is 21.8. The molecule has 5 nitrogen and oxygen atoms in total. The fourth-order valence-electron chi connectivity index (χ4n) is 4.34. The van der Waals surface area contributed by atoms with Crippen molar-refractivity contribution in [2.75, 3.05) is 13.1 Å². The second kappa shape index (κ2) is 8.72. The van der Waals surface area contributed by atoms with E-state index in [-0.39, 0.29) is 11.8 Å². The zero-order valence-electron chi connectivity index (χ0n) is 17.8. The summed E-state index contributed by atoms with van der Waals surface area (Å²) in [5.74, 6) is -0.505. The van der Waals surface area contributed by atoms with E-state index in [9.17, 15) is 9.59 Å². The Kier molecular flexibility index (Phi) is 5.85. The molecule has 0 radical (unpaired) electrons. The van der Waals surface area contributed by atoms with Gasteiger partial charge in [0.25, 0.3) is 5.91 Å². The molecular formula is C26H27N3O2. The highest BCUT2D eigenvalue weighted by Crippen LogP contribution is 2.34. The van der Waals surface area contributed by atoms with Crippen molar-refractivity contribution < 1.29 is 9.59 Å². The van der Waals surface area contributed by atoms with Gasteiger partial charge in [0.05, 0.1) is 5.41 Å². The van der Waals surface area contributed by atoms with Crippen LogP contribution in [-0.2, 0) is 11.2 Å². The van der Waals surface area contributed by atoms with Crippen LogP contribution in [0.5, 0.6) is 0 Å². The molecule has 0 spiro atoms. The minimum atomic E-state index is -0.770. The Morgan fingerprint density at radius 3 is 2.29 bits per heavy atom. The Morgan fingerprint density at radius 1 is 1.00 bits per heavy atom. The van der Waals surface area contributed by atoms with Gasteiger partial charge in [0.15, 0.2) is 0 Å². The lowest BCUT2D eigenvalue weighted by Gasteiger charge is -2.40. The molecule has 1 aliphatic heterocycles. The fraction of sp³-hybridized carbons (Fsp3) is 0.269. The van der Waals surface area contributed by atoms with Gasteiger partial charge >= 0.3 is 0 Å². The number of benzene rings is 2. The molecule has 2 amide bonds. The molecule has 2 N–H and O–H groups in total. The summed E-state index contributed by atoms with van der Waals surface area (Å²) in [5, 5.41) is 0. The minimum Gasteiger partial charge on any atom is -0.369 e. The number of rotatable bonds is 5. The number of carbonyl (C=O) groups excluding carboxylic acids is 2. The van der Waals surface area contributed by atoms with Gasteiger partial charge < -0.3 is 10.6 Å². The highest BCUT2D eigenvalue weighted by atomic mass is 16.2. The van der Waals surface area contributed by atoms with Crippen LogP contribution in [0.25, 0.3) is 11.1 Å². The maximum absolute atomic E-state index is 12.9. The quantitative estimate of drug-likeness (QED) is 0.687. The Labute approximate surface area is 182 Å². The number of piperidine rings is 1. The van der Waals surface area contributed by atoms with Crippen LogP contribution in [0.2, 0.25) is 0 Å². The first-order chi connectivity index (χ1) is 15.0. The first-order valence-corrected chi connectivity index (χ1v) is 10.6. The molecule has 2 heterocycles. The molecule has 4 rings (SSSR count). The van der Waals surface area contributed by atoms with Crippen LogP contribution in [0.3, 0.4) is 0 Å². The number of nitrogens with zero attached hydrogens (tertiary/aromatic N) is 2. The lowest BCUT2D eigenvalue weighted by atomic mass is 9.74. The van der Waals surface area contributed by atoms with E-state index in [1.165, 1.54) is 5.56 Å². The van der Waals surface area contributed by atoms with E-state index in [0.717, 1.165) is 23.1 Å². The van der Waals surface area contributed by atoms with E-state index in [1.54, 1.807) is 29.3 Å². The van der Waals surface area contributed by atoms with E-state index in [4.69, 9.17) is 5.73 Å². The molecule has 1 fully saturated rings.